The predicted octanol–water partition coefficient (Wildman–Crippen LogP) is 2.14. The van der Waals surface area contributed by atoms with Crippen LogP contribution < -0.4 is 5.32 Å². The third-order valence-electron chi connectivity index (χ3n) is 4.44. The molecule has 1 aliphatic heterocycles. The smallest absolute Gasteiger partial charge is 0.222 e. The minimum absolute atomic E-state index is 0.166. The second kappa shape index (κ2) is 8.58. The van der Waals surface area contributed by atoms with E-state index in [9.17, 15) is 4.79 Å². The van der Waals surface area contributed by atoms with Crippen LogP contribution in [0.1, 0.15) is 24.5 Å². The highest BCUT2D eigenvalue weighted by Crippen LogP contribution is 2.10. The lowest BCUT2D eigenvalue weighted by molar-refractivity contribution is -0.128. The number of carbonyl (C=O) groups excluding carboxylic acids is 1. The first kappa shape index (κ1) is 17.4. The van der Waals surface area contributed by atoms with Gasteiger partial charge in [0, 0.05) is 64.1 Å². The van der Waals surface area contributed by atoms with Gasteiger partial charge in [0.05, 0.1) is 0 Å². The third kappa shape index (κ3) is 5.26. The van der Waals surface area contributed by atoms with Crippen LogP contribution >= 0.6 is 0 Å². The maximum atomic E-state index is 11.5. The van der Waals surface area contributed by atoms with Crippen molar-refractivity contribution in [2.75, 3.05) is 31.5 Å². The van der Waals surface area contributed by atoms with Crippen LogP contribution in [-0.2, 0) is 17.9 Å². The Morgan fingerprint density at radius 2 is 1.80 bits per heavy atom. The number of amides is 1. The maximum Gasteiger partial charge on any atom is 0.222 e. The highest BCUT2D eigenvalue weighted by atomic mass is 16.2. The number of carbonyl (C=O) groups is 1. The summed E-state index contributed by atoms with van der Waals surface area (Å²) >= 11 is 0. The van der Waals surface area contributed by atoms with Crippen molar-refractivity contribution in [3.8, 4) is 0 Å². The molecule has 0 unspecified atom stereocenters. The summed E-state index contributed by atoms with van der Waals surface area (Å²) in [5.41, 5.74) is 2.30. The Balaban J connectivity index is 1.49. The van der Waals surface area contributed by atoms with Crippen LogP contribution in [0.15, 0.2) is 42.7 Å². The average Bonchev–Trinajstić information content (AvgIpc) is 2.88. The fourth-order valence-corrected chi connectivity index (χ4v) is 3.01. The van der Waals surface area contributed by atoms with E-state index in [1.54, 1.807) is 6.92 Å². The van der Waals surface area contributed by atoms with Gasteiger partial charge in [-0.1, -0.05) is 30.3 Å². The fraction of sp³-hybridized carbons (Fsp3) is 0.421. The van der Waals surface area contributed by atoms with Crippen molar-refractivity contribution in [1.29, 1.82) is 0 Å². The van der Waals surface area contributed by atoms with E-state index in [1.165, 1.54) is 5.56 Å². The van der Waals surface area contributed by atoms with Gasteiger partial charge in [-0.05, 0) is 12.0 Å². The second-order valence-corrected chi connectivity index (χ2v) is 6.39. The number of hydrogen-bond acceptors (Lipinski definition) is 5. The molecule has 0 spiro atoms. The number of nitrogens with one attached hydrogen (secondary N) is 1. The first-order valence-electron chi connectivity index (χ1n) is 8.77. The third-order valence-corrected chi connectivity index (χ3v) is 4.44. The Hall–Kier alpha value is -2.47. The van der Waals surface area contributed by atoms with Crippen LogP contribution in [0.2, 0.25) is 0 Å². The molecule has 1 amide bonds. The van der Waals surface area contributed by atoms with Crippen LogP contribution in [0.5, 0.6) is 0 Å². The summed E-state index contributed by atoms with van der Waals surface area (Å²) in [5.74, 6) is 0.810. The Labute approximate surface area is 148 Å². The molecule has 6 nitrogen and oxygen atoms in total. The summed E-state index contributed by atoms with van der Waals surface area (Å²) in [7, 11) is 0. The van der Waals surface area contributed by atoms with E-state index < -0.39 is 0 Å². The van der Waals surface area contributed by atoms with Crippen molar-refractivity contribution < 1.29 is 4.79 Å². The molecule has 1 N–H and O–H groups in total. The van der Waals surface area contributed by atoms with E-state index in [0.29, 0.717) is 12.5 Å². The van der Waals surface area contributed by atoms with E-state index >= 15 is 0 Å². The molecule has 25 heavy (non-hydrogen) atoms. The molecule has 3 rings (SSSR count). The molecular weight excluding hydrogens is 314 g/mol. The van der Waals surface area contributed by atoms with Crippen molar-refractivity contribution in [2.45, 2.75) is 26.4 Å². The van der Waals surface area contributed by atoms with Gasteiger partial charge in [-0.2, -0.15) is 0 Å². The summed E-state index contributed by atoms with van der Waals surface area (Å²) in [4.78, 5) is 24.6. The standard InChI is InChI=1S/C19H25N5O/c1-16(25)24-9-5-8-23(10-11-24)15-18-13-21-19(22-14-18)20-12-17-6-3-2-4-7-17/h2-4,6-7,13-14H,5,8-12,15H2,1H3,(H,20,21,22). The Morgan fingerprint density at radius 3 is 2.52 bits per heavy atom. The molecule has 0 radical (unpaired) electrons. The minimum atomic E-state index is 0.166. The summed E-state index contributed by atoms with van der Waals surface area (Å²) in [5, 5.41) is 3.24. The molecule has 1 aliphatic rings. The number of rotatable bonds is 5. The number of benzene rings is 1. The molecule has 1 fully saturated rings. The van der Waals surface area contributed by atoms with Gasteiger partial charge in [-0.3, -0.25) is 9.69 Å². The van der Waals surface area contributed by atoms with E-state index in [0.717, 1.165) is 44.7 Å². The van der Waals surface area contributed by atoms with Crippen molar-refractivity contribution in [3.05, 3.63) is 53.9 Å². The summed E-state index contributed by atoms with van der Waals surface area (Å²) in [6.07, 6.45) is 4.78. The maximum absolute atomic E-state index is 11.5. The average molecular weight is 339 g/mol. The van der Waals surface area contributed by atoms with Gasteiger partial charge < -0.3 is 10.2 Å². The highest BCUT2D eigenvalue weighted by Gasteiger charge is 2.16. The number of nitrogens with zero attached hydrogens (tertiary/aromatic N) is 4. The Kier molecular flexibility index (Phi) is 5.95. The first-order valence-corrected chi connectivity index (χ1v) is 8.77. The molecule has 0 saturated carbocycles. The molecule has 1 aromatic carbocycles. The highest BCUT2D eigenvalue weighted by molar-refractivity contribution is 5.73. The molecular formula is C19H25N5O. The largest absolute Gasteiger partial charge is 0.350 e. The quantitative estimate of drug-likeness (QED) is 0.904. The molecule has 0 bridgehead atoms. The SMILES string of the molecule is CC(=O)N1CCCN(Cc2cnc(NCc3ccccc3)nc2)CC1. The minimum Gasteiger partial charge on any atom is -0.350 e. The molecule has 0 atom stereocenters. The summed E-state index contributed by atoms with van der Waals surface area (Å²) in [6.45, 7) is 6.73. The molecule has 1 saturated heterocycles. The zero-order valence-electron chi connectivity index (χ0n) is 14.7. The van der Waals surface area contributed by atoms with Crippen LogP contribution in [0.4, 0.5) is 5.95 Å². The monoisotopic (exact) mass is 339 g/mol. The predicted molar refractivity (Wildman–Crippen MR) is 97.9 cm³/mol. The van der Waals surface area contributed by atoms with Crippen LogP contribution in [0.3, 0.4) is 0 Å². The van der Waals surface area contributed by atoms with Gasteiger partial charge in [0.2, 0.25) is 11.9 Å². The molecule has 1 aromatic heterocycles. The molecule has 0 aliphatic carbocycles. The zero-order chi connectivity index (χ0) is 17.5. The summed E-state index contributed by atoms with van der Waals surface area (Å²) in [6, 6.07) is 10.2. The Morgan fingerprint density at radius 1 is 1.04 bits per heavy atom. The fourth-order valence-electron chi connectivity index (χ4n) is 3.01. The second-order valence-electron chi connectivity index (χ2n) is 6.39. The van der Waals surface area contributed by atoms with Gasteiger partial charge >= 0.3 is 0 Å². The molecule has 2 heterocycles. The van der Waals surface area contributed by atoms with Crippen molar-refractivity contribution in [2.24, 2.45) is 0 Å². The van der Waals surface area contributed by atoms with Gasteiger partial charge in [0.25, 0.3) is 0 Å². The topological polar surface area (TPSA) is 61.4 Å². The molecule has 6 heteroatoms. The van der Waals surface area contributed by atoms with Gasteiger partial charge in [-0.15, -0.1) is 0 Å². The molecule has 2 aromatic rings. The molecule has 132 valence electrons. The van der Waals surface area contributed by atoms with E-state index in [-0.39, 0.29) is 5.91 Å². The van der Waals surface area contributed by atoms with Crippen molar-refractivity contribution >= 4 is 11.9 Å². The van der Waals surface area contributed by atoms with Gasteiger partial charge in [-0.25, -0.2) is 9.97 Å². The van der Waals surface area contributed by atoms with Crippen molar-refractivity contribution in [1.82, 2.24) is 19.8 Å². The van der Waals surface area contributed by atoms with E-state index in [2.05, 4.69) is 32.3 Å². The van der Waals surface area contributed by atoms with Crippen LogP contribution in [-0.4, -0.2) is 51.9 Å². The van der Waals surface area contributed by atoms with Gasteiger partial charge in [0.1, 0.15) is 0 Å². The van der Waals surface area contributed by atoms with Gasteiger partial charge in [0.15, 0.2) is 0 Å². The zero-order valence-corrected chi connectivity index (χ0v) is 14.7. The lowest BCUT2D eigenvalue weighted by Gasteiger charge is -2.20. The summed E-state index contributed by atoms with van der Waals surface area (Å²) < 4.78 is 0. The normalized spacial score (nSPS) is 15.6. The number of anilines is 1. The van der Waals surface area contributed by atoms with Crippen LogP contribution in [0, 0.1) is 0 Å². The lowest BCUT2D eigenvalue weighted by atomic mass is 10.2. The van der Waals surface area contributed by atoms with E-state index in [4.69, 9.17) is 0 Å². The lowest BCUT2D eigenvalue weighted by Crippen LogP contribution is -2.33. The van der Waals surface area contributed by atoms with Crippen LogP contribution in [0.25, 0.3) is 0 Å². The number of hydrogen-bond donors (Lipinski definition) is 1. The van der Waals surface area contributed by atoms with E-state index in [1.807, 2.05) is 35.5 Å². The van der Waals surface area contributed by atoms with Crippen molar-refractivity contribution in [3.63, 3.8) is 0 Å². The Bertz CT molecular complexity index is 674. The first-order chi connectivity index (χ1) is 12.2. The number of aromatic nitrogens is 2.